The molecule has 2 aliphatic rings. The predicted octanol–water partition coefficient (Wildman–Crippen LogP) is 1.67. The van der Waals surface area contributed by atoms with Gasteiger partial charge in [0.2, 0.25) is 0 Å². The summed E-state index contributed by atoms with van der Waals surface area (Å²) in [5.74, 6) is 0. The fourth-order valence-corrected chi connectivity index (χ4v) is 5.14. The SMILES string of the molecule is C[C@H]1CN(C)c2ccccc2CN1S(=O)(=O)N1CCCC1. The van der Waals surface area contributed by atoms with Crippen LogP contribution >= 0.6 is 0 Å². The van der Waals surface area contributed by atoms with Crippen LogP contribution in [0.4, 0.5) is 5.69 Å². The Labute approximate surface area is 127 Å². The first-order valence-electron chi connectivity index (χ1n) is 7.56. The summed E-state index contributed by atoms with van der Waals surface area (Å²) < 4.78 is 29.1. The van der Waals surface area contributed by atoms with Gasteiger partial charge in [0.15, 0.2) is 0 Å². The number of nitrogens with zero attached hydrogens (tertiary/aromatic N) is 3. The van der Waals surface area contributed by atoms with Crippen LogP contribution in [0.25, 0.3) is 0 Å². The lowest BCUT2D eigenvalue weighted by Gasteiger charge is -2.31. The van der Waals surface area contributed by atoms with Gasteiger partial charge in [0.1, 0.15) is 0 Å². The number of benzene rings is 1. The van der Waals surface area contributed by atoms with Crippen LogP contribution in [-0.4, -0.2) is 49.8 Å². The first kappa shape index (κ1) is 14.8. The van der Waals surface area contributed by atoms with E-state index in [0.29, 0.717) is 26.2 Å². The quantitative estimate of drug-likeness (QED) is 0.835. The maximum atomic E-state index is 12.9. The van der Waals surface area contributed by atoms with E-state index in [-0.39, 0.29) is 6.04 Å². The van der Waals surface area contributed by atoms with Crippen LogP contribution in [0.2, 0.25) is 0 Å². The maximum Gasteiger partial charge on any atom is 0.282 e. The normalized spacial score (nSPS) is 24.9. The van der Waals surface area contributed by atoms with E-state index < -0.39 is 10.2 Å². The molecular weight excluding hydrogens is 286 g/mol. The molecule has 1 fully saturated rings. The summed E-state index contributed by atoms with van der Waals surface area (Å²) >= 11 is 0. The largest absolute Gasteiger partial charge is 0.373 e. The van der Waals surface area contributed by atoms with Gasteiger partial charge in [-0.25, -0.2) is 0 Å². The molecule has 0 radical (unpaired) electrons. The van der Waals surface area contributed by atoms with Gasteiger partial charge < -0.3 is 4.90 Å². The van der Waals surface area contributed by atoms with Crippen LogP contribution in [0.15, 0.2) is 24.3 Å². The van der Waals surface area contributed by atoms with Crippen LogP contribution in [0, 0.1) is 0 Å². The zero-order chi connectivity index (χ0) is 15.0. The molecule has 0 unspecified atom stereocenters. The first-order chi connectivity index (χ1) is 10.00. The number of anilines is 1. The zero-order valence-electron chi connectivity index (χ0n) is 12.7. The number of likely N-dealkylation sites (N-methyl/N-ethyl adjacent to an activating group) is 1. The third-order valence-electron chi connectivity index (χ3n) is 4.45. The van der Waals surface area contributed by atoms with Crippen LogP contribution in [0.5, 0.6) is 0 Å². The highest BCUT2D eigenvalue weighted by Crippen LogP contribution is 2.29. The third-order valence-corrected chi connectivity index (χ3v) is 6.55. The Morgan fingerprint density at radius 2 is 1.81 bits per heavy atom. The molecule has 116 valence electrons. The molecule has 0 spiro atoms. The minimum atomic E-state index is -3.36. The average molecular weight is 309 g/mol. The molecule has 2 heterocycles. The summed E-state index contributed by atoms with van der Waals surface area (Å²) in [6.45, 7) is 4.48. The van der Waals surface area contributed by atoms with Crippen molar-refractivity contribution >= 4 is 15.9 Å². The molecule has 5 nitrogen and oxygen atoms in total. The number of para-hydroxylation sites is 1. The second-order valence-corrected chi connectivity index (χ2v) is 7.90. The molecule has 1 saturated heterocycles. The summed E-state index contributed by atoms with van der Waals surface area (Å²) in [7, 11) is -1.33. The summed E-state index contributed by atoms with van der Waals surface area (Å²) in [6, 6.07) is 8.03. The predicted molar refractivity (Wildman–Crippen MR) is 84.4 cm³/mol. The zero-order valence-corrected chi connectivity index (χ0v) is 13.5. The summed E-state index contributed by atoms with van der Waals surface area (Å²) in [5.41, 5.74) is 2.20. The molecule has 0 aromatic heterocycles. The molecule has 0 aliphatic carbocycles. The summed E-state index contributed by atoms with van der Waals surface area (Å²) in [6.07, 6.45) is 1.94. The second kappa shape index (κ2) is 5.59. The molecule has 1 aromatic carbocycles. The Kier molecular flexibility index (Phi) is 3.94. The highest BCUT2D eigenvalue weighted by Gasteiger charge is 2.37. The molecule has 0 bridgehead atoms. The van der Waals surface area contributed by atoms with Crippen LogP contribution in [0.3, 0.4) is 0 Å². The number of rotatable bonds is 2. The minimum Gasteiger partial charge on any atom is -0.373 e. The van der Waals surface area contributed by atoms with Crippen LogP contribution < -0.4 is 4.90 Å². The summed E-state index contributed by atoms with van der Waals surface area (Å²) in [5, 5.41) is 0. The Hall–Kier alpha value is -1.11. The van der Waals surface area contributed by atoms with E-state index in [1.54, 1.807) is 8.61 Å². The standard InChI is InChI=1S/C15H23N3O2S/c1-13-11-16(2)15-8-4-3-7-14(15)12-18(13)21(19,20)17-9-5-6-10-17/h3-4,7-8,13H,5-6,9-12H2,1-2H3/t13-/m0/s1. The molecule has 2 aliphatic heterocycles. The van der Waals surface area contributed by atoms with Gasteiger partial charge >= 0.3 is 0 Å². The van der Waals surface area contributed by atoms with Crippen molar-refractivity contribution in [1.29, 1.82) is 0 Å². The van der Waals surface area contributed by atoms with Crippen molar-refractivity contribution in [2.24, 2.45) is 0 Å². The van der Waals surface area contributed by atoms with Crippen molar-refractivity contribution in [1.82, 2.24) is 8.61 Å². The van der Waals surface area contributed by atoms with Gasteiger partial charge in [0, 0.05) is 45.0 Å². The van der Waals surface area contributed by atoms with Gasteiger partial charge in [-0.15, -0.1) is 0 Å². The van der Waals surface area contributed by atoms with Gasteiger partial charge in [-0.1, -0.05) is 18.2 Å². The molecule has 1 atom stereocenters. The molecule has 1 aromatic rings. The minimum absolute atomic E-state index is 0.0343. The topological polar surface area (TPSA) is 43.9 Å². The highest BCUT2D eigenvalue weighted by molar-refractivity contribution is 7.86. The second-order valence-electron chi connectivity index (χ2n) is 6.02. The molecule has 0 N–H and O–H groups in total. The monoisotopic (exact) mass is 309 g/mol. The van der Waals surface area contributed by atoms with E-state index in [1.165, 1.54) is 0 Å². The molecule has 0 saturated carbocycles. The Balaban J connectivity index is 1.96. The first-order valence-corrected chi connectivity index (χ1v) is 8.96. The fourth-order valence-electron chi connectivity index (χ4n) is 3.30. The van der Waals surface area contributed by atoms with Crippen LogP contribution in [0.1, 0.15) is 25.3 Å². The lowest BCUT2D eigenvalue weighted by atomic mass is 10.1. The molecule has 3 rings (SSSR count). The van der Waals surface area contributed by atoms with E-state index in [4.69, 9.17) is 0 Å². The molecule has 21 heavy (non-hydrogen) atoms. The van der Waals surface area contributed by atoms with Gasteiger partial charge in [-0.3, -0.25) is 0 Å². The number of hydrogen-bond donors (Lipinski definition) is 0. The van der Waals surface area contributed by atoms with Gasteiger partial charge in [-0.05, 0) is 31.4 Å². The van der Waals surface area contributed by atoms with Crippen molar-refractivity contribution < 1.29 is 8.42 Å². The number of fused-ring (bicyclic) bond motifs is 1. The lowest BCUT2D eigenvalue weighted by molar-refractivity contribution is 0.308. The Morgan fingerprint density at radius 3 is 2.52 bits per heavy atom. The van der Waals surface area contributed by atoms with Crippen molar-refractivity contribution in [3.63, 3.8) is 0 Å². The Bertz CT molecular complexity index is 611. The lowest BCUT2D eigenvalue weighted by Crippen LogP contribution is -2.48. The number of hydrogen-bond acceptors (Lipinski definition) is 3. The fraction of sp³-hybridized carbons (Fsp3) is 0.600. The van der Waals surface area contributed by atoms with Crippen molar-refractivity contribution in [3.05, 3.63) is 29.8 Å². The van der Waals surface area contributed by atoms with Crippen LogP contribution in [-0.2, 0) is 16.8 Å². The van der Waals surface area contributed by atoms with E-state index >= 15 is 0 Å². The van der Waals surface area contributed by atoms with Gasteiger partial charge in [0.25, 0.3) is 10.2 Å². The maximum absolute atomic E-state index is 12.9. The van der Waals surface area contributed by atoms with Gasteiger partial charge in [0.05, 0.1) is 0 Å². The van der Waals surface area contributed by atoms with Gasteiger partial charge in [-0.2, -0.15) is 17.0 Å². The molecule has 0 amide bonds. The van der Waals surface area contributed by atoms with Crippen molar-refractivity contribution in [3.8, 4) is 0 Å². The van der Waals surface area contributed by atoms with E-state index in [1.807, 2.05) is 32.2 Å². The molecule has 6 heteroatoms. The van der Waals surface area contributed by atoms with E-state index in [9.17, 15) is 8.42 Å². The third kappa shape index (κ3) is 2.67. The van der Waals surface area contributed by atoms with E-state index in [0.717, 1.165) is 24.1 Å². The van der Waals surface area contributed by atoms with Crippen molar-refractivity contribution in [2.75, 3.05) is 31.6 Å². The van der Waals surface area contributed by atoms with E-state index in [2.05, 4.69) is 11.0 Å². The summed E-state index contributed by atoms with van der Waals surface area (Å²) in [4.78, 5) is 2.15. The highest BCUT2D eigenvalue weighted by atomic mass is 32.2. The molecular formula is C15H23N3O2S. The smallest absolute Gasteiger partial charge is 0.282 e. The van der Waals surface area contributed by atoms with Crippen molar-refractivity contribution in [2.45, 2.75) is 32.4 Å². The Morgan fingerprint density at radius 1 is 1.14 bits per heavy atom. The average Bonchev–Trinajstić information content (AvgIpc) is 2.95.